The fourth-order valence-corrected chi connectivity index (χ4v) is 3.15. The highest BCUT2D eigenvalue weighted by molar-refractivity contribution is 5.30. The molecule has 4 nitrogen and oxygen atoms in total. The zero-order valence-corrected chi connectivity index (χ0v) is 13.9. The van der Waals surface area contributed by atoms with Crippen LogP contribution >= 0.6 is 0 Å². The minimum Gasteiger partial charge on any atom is -0.369 e. The summed E-state index contributed by atoms with van der Waals surface area (Å²) >= 11 is 0. The second-order valence-corrected chi connectivity index (χ2v) is 6.30. The minimum absolute atomic E-state index is 0.593. The van der Waals surface area contributed by atoms with Crippen molar-refractivity contribution in [3.05, 3.63) is 18.1 Å². The van der Waals surface area contributed by atoms with Gasteiger partial charge < -0.3 is 5.32 Å². The molecule has 2 rings (SSSR count). The lowest BCUT2D eigenvalue weighted by Crippen LogP contribution is -2.39. The molecular weight excluding hydrogens is 260 g/mol. The van der Waals surface area contributed by atoms with Crippen molar-refractivity contribution in [2.24, 2.45) is 5.41 Å². The highest BCUT2D eigenvalue weighted by Gasteiger charge is 2.31. The second-order valence-electron chi connectivity index (χ2n) is 6.30. The fourth-order valence-electron chi connectivity index (χ4n) is 3.15. The van der Waals surface area contributed by atoms with Gasteiger partial charge in [-0.3, -0.25) is 9.88 Å². The lowest BCUT2D eigenvalue weighted by molar-refractivity contribution is 0.0900. The van der Waals surface area contributed by atoms with Crippen molar-refractivity contribution in [2.45, 2.75) is 59.4 Å². The average molecular weight is 290 g/mol. The van der Waals surface area contributed by atoms with E-state index in [1.807, 2.05) is 12.4 Å². The SMILES string of the molecule is CCCNc1cnc(CN2CCC(CC)(CC)CC2)cn1. The molecule has 1 saturated heterocycles. The average Bonchev–Trinajstić information content (AvgIpc) is 2.55. The molecule has 1 aromatic rings. The van der Waals surface area contributed by atoms with Gasteiger partial charge in [0.2, 0.25) is 0 Å². The summed E-state index contributed by atoms with van der Waals surface area (Å²) in [5.74, 6) is 0.884. The molecule has 0 amide bonds. The molecule has 2 heterocycles. The highest BCUT2D eigenvalue weighted by atomic mass is 15.1. The molecule has 0 unspecified atom stereocenters. The van der Waals surface area contributed by atoms with Gasteiger partial charge in [0.25, 0.3) is 0 Å². The Hall–Kier alpha value is -1.16. The van der Waals surface area contributed by atoms with Crippen LogP contribution in [0.2, 0.25) is 0 Å². The van der Waals surface area contributed by atoms with Crippen molar-refractivity contribution in [1.82, 2.24) is 14.9 Å². The maximum atomic E-state index is 4.54. The summed E-state index contributed by atoms with van der Waals surface area (Å²) in [5.41, 5.74) is 1.67. The van der Waals surface area contributed by atoms with Gasteiger partial charge in [-0.2, -0.15) is 0 Å². The van der Waals surface area contributed by atoms with Crippen molar-refractivity contribution in [3.8, 4) is 0 Å². The zero-order valence-electron chi connectivity index (χ0n) is 13.9. The molecule has 0 bridgehead atoms. The van der Waals surface area contributed by atoms with E-state index in [4.69, 9.17) is 0 Å². The van der Waals surface area contributed by atoms with Crippen molar-refractivity contribution in [1.29, 1.82) is 0 Å². The van der Waals surface area contributed by atoms with Crippen LogP contribution < -0.4 is 5.32 Å². The molecule has 1 N–H and O–H groups in total. The van der Waals surface area contributed by atoms with E-state index in [1.165, 1.54) is 38.8 Å². The maximum Gasteiger partial charge on any atom is 0.144 e. The Morgan fingerprint density at radius 1 is 1.10 bits per heavy atom. The van der Waals surface area contributed by atoms with E-state index in [0.29, 0.717) is 5.41 Å². The van der Waals surface area contributed by atoms with Gasteiger partial charge in [0.15, 0.2) is 0 Å². The minimum atomic E-state index is 0.593. The van der Waals surface area contributed by atoms with E-state index < -0.39 is 0 Å². The van der Waals surface area contributed by atoms with Gasteiger partial charge in [-0.1, -0.05) is 33.6 Å². The van der Waals surface area contributed by atoms with Gasteiger partial charge in [0.1, 0.15) is 5.82 Å². The van der Waals surface area contributed by atoms with Crippen LogP contribution in [-0.4, -0.2) is 34.5 Å². The van der Waals surface area contributed by atoms with Gasteiger partial charge in [-0.05, 0) is 37.8 Å². The number of nitrogens with one attached hydrogen (secondary N) is 1. The Bertz CT molecular complexity index is 401. The van der Waals surface area contributed by atoms with Crippen LogP contribution in [-0.2, 0) is 6.54 Å². The maximum absolute atomic E-state index is 4.54. The second kappa shape index (κ2) is 7.74. The number of rotatable bonds is 7. The predicted octanol–water partition coefficient (Wildman–Crippen LogP) is 3.70. The number of hydrogen-bond donors (Lipinski definition) is 1. The largest absolute Gasteiger partial charge is 0.369 e. The first-order valence-electron chi connectivity index (χ1n) is 8.48. The van der Waals surface area contributed by atoms with Crippen molar-refractivity contribution in [3.63, 3.8) is 0 Å². The third kappa shape index (κ3) is 4.40. The number of likely N-dealkylation sites (tertiary alicyclic amines) is 1. The van der Waals surface area contributed by atoms with Gasteiger partial charge in [-0.25, -0.2) is 4.98 Å². The van der Waals surface area contributed by atoms with Crippen LogP contribution in [0.15, 0.2) is 12.4 Å². The van der Waals surface area contributed by atoms with Crippen molar-refractivity contribution < 1.29 is 0 Å². The summed E-state index contributed by atoms with van der Waals surface area (Å²) in [6.45, 7) is 11.1. The Balaban J connectivity index is 1.83. The topological polar surface area (TPSA) is 41.1 Å². The Morgan fingerprint density at radius 2 is 1.81 bits per heavy atom. The molecule has 118 valence electrons. The van der Waals surface area contributed by atoms with E-state index in [1.54, 1.807) is 0 Å². The smallest absolute Gasteiger partial charge is 0.144 e. The summed E-state index contributed by atoms with van der Waals surface area (Å²) in [6.07, 6.45) is 10.2. The number of nitrogens with zero attached hydrogens (tertiary/aromatic N) is 3. The van der Waals surface area contributed by atoms with Gasteiger partial charge in [0, 0.05) is 13.1 Å². The summed E-state index contributed by atoms with van der Waals surface area (Å²) in [6, 6.07) is 0. The molecule has 21 heavy (non-hydrogen) atoms. The van der Waals surface area contributed by atoms with Gasteiger partial charge >= 0.3 is 0 Å². The molecule has 4 heteroatoms. The van der Waals surface area contributed by atoms with E-state index in [0.717, 1.165) is 31.0 Å². The first kappa shape index (κ1) is 16.2. The molecule has 0 saturated carbocycles. The standard InChI is InChI=1S/C17H30N4/c1-4-9-18-16-13-19-15(12-20-16)14-21-10-7-17(5-2,6-3)8-11-21/h12-13H,4-11,14H2,1-3H3,(H,18,20). The molecule has 0 spiro atoms. The molecule has 1 aromatic heterocycles. The normalized spacial score (nSPS) is 18.6. The first-order chi connectivity index (χ1) is 10.2. The molecule has 1 aliphatic rings. The van der Waals surface area contributed by atoms with Crippen LogP contribution in [0.3, 0.4) is 0 Å². The van der Waals surface area contributed by atoms with Crippen molar-refractivity contribution in [2.75, 3.05) is 25.0 Å². The van der Waals surface area contributed by atoms with Gasteiger partial charge in [0.05, 0.1) is 18.1 Å². The molecule has 1 aliphatic heterocycles. The summed E-state index contributed by atoms with van der Waals surface area (Å²) in [4.78, 5) is 11.5. The van der Waals surface area contributed by atoms with E-state index >= 15 is 0 Å². The number of hydrogen-bond acceptors (Lipinski definition) is 4. The lowest BCUT2D eigenvalue weighted by atomic mass is 9.74. The highest BCUT2D eigenvalue weighted by Crippen LogP contribution is 2.38. The summed E-state index contributed by atoms with van der Waals surface area (Å²) in [5, 5.41) is 3.26. The predicted molar refractivity (Wildman–Crippen MR) is 88.3 cm³/mol. The fraction of sp³-hybridized carbons (Fsp3) is 0.765. The van der Waals surface area contributed by atoms with Gasteiger partial charge in [-0.15, -0.1) is 0 Å². The Morgan fingerprint density at radius 3 is 2.33 bits per heavy atom. The van der Waals surface area contributed by atoms with Crippen LogP contribution in [0.25, 0.3) is 0 Å². The molecule has 0 aliphatic carbocycles. The molecular formula is C17H30N4. The Kier molecular flexibility index (Phi) is 5.97. The molecule has 0 aromatic carbocycles. The summed E-state index contributed by atoms with van der Waals surface area (Å²) in [7, 11) is 0. The number of aromatic nitrogens is 2. The van der Waals surface area contributed by atoms with Crippen LogP contribution in [0.4, 0.5) is 5.82 Å². The number of piperidine rings is 1. The third-order valence-corrected chi connectivity index (χ3v) is 5.06. The quantitative estimate of drug-likeness (QED) is 0.831. The van der Waals surface area contributed by atoms with E-state index in [-0.39, 0.29) is 0 Å². The molecule has 0 radical (unpaired) electrons. The molecule has 1 fully saturated rings. The van der Waals surface area contributed by atoms with Crippen LogP contribution in [0.1, 0.15) is 58.6 Å². The molecule has 0 atom stereocenters. The third-order valence-electron chi connectivity index (χ3n) is 5.06. The van der Waals surface area contributed by atoms with Crippen LogP contribution in [0, 0.1) is 5.41 Å². The van der Waals surface area contributed by atoms with Crippen LogP contribution in [0.5, 0.6) is 0 Å². The monoisotopic (exact) mass is 290 g/mol. The van der Waals surface area contributed by atoms with Crippen molar-refractivity contribution >= 4 is 5.82 Å². The van der Waals surface area contributed by atoms with E-state index in [2.05, 4.69) is 41.0 Å². The Labute approximate surface area is 129 Å². The lowest BCUT2D eigenvalue weighted by Gasteiger charge is -2.40. The first-order valence-corrected chi connectivity index (χ1v) is 8.48. The zero-order chi connectivity index (χ0) is 15.1. The van der Waals surface area contributed by atoms with E-state index in [9.17, 15) is 0 Å². The number of anilines is 1. The summed E-state index contributed by atoms with van der Waals surface area (Å²) < 4.78 is 0.